The van der Waals surface area contributed by atoms with Crippen molar-refractivity contribution >= 4 is 23.0 Å². The van der Waals surface area contributed by atoms with Gasteiger partial charge in [-0.15, -0.1) is 0 Å². The van der Waals surface area contributed by atoms with E-state index in [4.69, 9.17) is 5.11 Å². The van der Waals surface area contributed by atoms with Crippen molar-refractivity contribution in [1.82, 2.24) is 14.5 Å². The molecule has 7 nitrogen and oxygen atoms in total. The lowest BCUT2D eigenvalue weighted by atomic mass is 9.98. The first-order valence-electron chi connectivity index (χ1n) is 6.87. The number of fused-ring (bicyclic) bond motifs is 1. The van der Waals surface area contributed by atoms with Gasteiger partial charge in [-0.2, -0.15) is 0 Å². The summed E-state index contributed by atoms with van der Waals surface area (Å²) in [6.07, 6.45) is 3.00. The molecule has 3 rings (SSSR count). The van der Waals surface area contributed by atoms with Crippen molar-refractivity contribution in [3.63, 3.8) is 0 Å². The van der Waals surface area contributed by atoms with Gasteiger partial charge in [0.05, 0.1) is 5.92 Å². The predicted octanol–water partition coefficient (Wildman–Crippen LogP) is 0.629. The maximum atomic E-state index is 12.4. The van der Waals surface area contributed by atoms with Gasteiger partial charge in [0.2, 0.25) is 0 Å². The largest absolute Gasteiger partial charge is 0.481 e. The fraction of sp³-hybridized carbons (Fsp3) is 0.429. The Balaban J connectivity index is 2.06. The van der Waals surface area contributed by atoms with E-state index in [1.165, 1.54) is 4.57 Å². The Morgan fingerprint density at radius 3 is 3.05 bits per heavy atom. The number of aryl methyl sites for hydroxylation is 1. The highest BCUT2D eigenvalue weighted by Crippen LogP contribution is 2.20. The summed E-state index contributed by atoms with van der Waals surface area (Å²) in [6.45, 7) is 0.973. The molecule has 2 aromatic heterocycles. The van der Waals surface area contributed by atoms with E-state index in [2.05, 4.69) is 9.97 Å². The van der Waals surface area contributed by atoms with Gasteiger partial charge in [0.25, 0.3) is 5.56 Å². The molecule has 1 saturated heterocycles. The van der Waals surface area contributed by atoms with E-state index in [0.717, 1.165) is 6.42 Å². The molecular formula is C14H16N4O3. The van der Waals surface area contributed by atoms with E-state index in [-0.39, 0.29) is 5.56 Å². The number of nitrogens with zero attached hydrogens (tertiary/aromatic N) is 4. The highest BCUT2D eigenvalue weighted by molar-refractivity contribution is 5.73. The summed E-state index contributed by atoms with van der Waals surface area (Å²) in [6, 6.07) is 3.56. The molecule has 3 heterocycles. The average Bonchev–Trinajstić information content (AvgIpc) is 2.51. The maximum Gasteiger partial charge on any atom is 0.308 e. The number of carboxylic acid groups (broad SMARTS) is 1. The van der Waals surface area contributed by atoms with Crippen LogP contribution in [0.1, 0.15) is 12.8 Å². The number of pyridine rings is 1. The van der Waals surface area contributed by atoms with Crippen molar-refractivity contribution in [2.75, 3.05) is 18.0 Å². The molecule has 1 aliphatic heterocycles. The highest BCUT2D eigenvalue weighted by atomic mass is 16.4. The lowest BCUT2D eigenvalue weighted by molar-refractivity contribution is -0.141. The van der Waals surface area contributed by atoms with E-state index >= 15 is 0 Å². The van der Waals surface area contributed by atoms with Crippen LogP contribution in [-0.4, -0.2) is 38.7 Å². The van der Waals surface area contributed by atoms with E-state index in [0.29, 0.717) is 36.5 Å². The van der Waals surface area contributed by atoms with Gasteiger partial charge in [-0.05, 0) is 25.0 Å². The van der Waals surface area contributed by atoms with Gasteiger partial charge in [0, 0.05) is 26.3 Å². The zero-order valence-electron chi connectivity index (χ0n) is 11.7. The molecule has 0 aliphatic carbocycles. The second-order valence-corrected chi connectivity index (χ2v) is 5.27. The molecular weight excluding hydrogens is 272 g/mol. The second kappa shape index (κ2) is 5.16. The summed E-state index contributed by atoms with van der Waals surface area (Å²) in [7, 11) is 1.65. The Hall–Kier alpha value is -2.44. The van der Waals surface area contributed by atoms with Crippen LogP contribution in [0.2, 0.25) is 0 Å². The molecule has 0 amide bonds. The van der Waals surface area contributed by atoms with E-state index < -0.39 is 11.9 Å². The number of piperidine rings is 1. The standard InChI is InChI=1S/C14H16N4O3/c1-17-11-10(5-2-6-15-11)16-12(13(17)19)18-7-3-4-9(8-18)14(20)21/h2,5-6,9H,3-4,7-8H2,1H3,(H,20,21)/t9-/m0/s1. The summed E-state index contributed by atoms with van der Waals surface area (Å²) < 4.78 is 1.46. The molecule has 1 N–H and O–H groups in total. The maximum absolute atomic E-state index is 12.4. The molecule has 0 unspecified atom stereocenters. The average molecular weight is 288 g/mol. The third kappa shape index (κ3) is 2.35. The monoisotopic (exact) mass is 288 g/mol. The molecule has 7 heteroatoms. The van der Waals surface area contributed by atoms with Crippen LogP contribution in [-0.2, 0) is 11.8 Å². The van der Waals surface area contributed by atoms with Gasteiger partial charge in [-0.25, -0.2) is 9.97 Å². The van der Waals surface area contributed by atoms with E-state index in [1.807, 2.05) is 0 Å². The number of carbonyl (C=O) groups is 1. The van der Waals surface area contributed by atoms with Crippen molar-refractivity contribution in [3.05, 3.63) is 28.7 Å². The third-order valence-corrected chi connectivity index (χ3v) is 3.88. The van der Waals surface area contributed by atoms with E-state index in [1.54, 1.807) is 30.3 Å². The van der Waals surface area contributed by atoms with Gasteiger partial charge in [0.1, 0.15) is 5.52 Å². The summed E-state index contributed by atoms with van der Waals surface area (Å²) in [4.78, 5) is 33.9. The number of hydrogen-bond donors (Lipinski definition) is 1. The number of rotatable bonds is 2. The van der Waals surface area contributed by atoms with E-state index in [9.17, 15) is 9.59 Å². The Morgan fingerprint density at radius 2 is 2.29 bits per heavy atom. The summed E-state index contributed by atoms with van der Waals surface area (Å²) >= 11 is 0. The first-order chi connectivity index (χ1) is 10.1. The fourth-order valence-corrected chi connectivity index (χ4v) is 2.72. The molecule has 0 spiro atoms. The van der Waals surface area contributed by atoms with Crippen LogP contribution >= 0.6 is 0 Å². The summed E-state index contributed by atoms with van der Waals surface area (Å²) in [5, 5.41) is 9.16. The molecule has 0 bridgehead atoms. The molecule has 0 saturated carbocycles. The topological polar surface area (TPSA) is 88.3 Å². The van der Waals surface area contributed by atoms with Gasteiger partial charge in [-0.3, -0.25) is 14.2 Å². The number of carboxylic acids is 1. The quantitative estimate of drug-likeness (QED) is 0.872. The van der Waals surface area contributed by atoms with Crippen molar-refractivity contribution < 1.29 is 9.90 Å². The zero-order chi connectivity index (χ0) is 15.0. The van der Waals surface area contributed by atoms with Crippen molar-refractivity contribution in [1.29, 1.82) is 0 Å². The first kappa shape index (κ1) is 13.5. The Bertz CT molecular complexity index is 755. The van der Waals surface area contributed by atoms with Crippen LogP contribution < -0.4 is 10.5 Å². The number of hydrogen-bond acceptors (Lipinski definition) is 5. The smallest absolute Gasteiger partial charge is 0.308 e. The van der Waals surface area contributed by atoms with Crippen LogP contribution in [0.25, 0.3) is 11.2 Å². The molecule has 110 valence electrons. The van der Waals surface area contributed by atoms with Gasteiger partial charge >= 0.3 is 5.97 Å². The molecule has 2 aromatic rings. The lowest BCUT2D eigenvalue weighted by Crippen LogP contribution is -2.42. The molecule has 0 aromatic carbocycles. The minimum absolute atomic E-state index is 0.243. The molecule has 1 atom stereocenters. The number of anilines is 1. The van der Waals surface area contributed by atoms with Gasteiger partial charge < -0.3 is 10.0 Å². The zero-order valence-corrected chi connectivity index (χ0v) is 11.7. The summed E-state index contributed by atoms with van der Waals surface area (Å²) in [5.41, 5.74) is 0.914. The Labute approximate surface area is 120 Å². The van der Waals surface area contributed by atoms with Crippen molar-refractivity contribution in [2.45, 2.75) is 12.8 Å². The van der Waals surface area contributed by atoms with Crippen molar-refractivity contribution in [3.8, 4) is 0 Å². The molecule has 1 aliphatic rings. The SMILES string of the molecule is Cn1c(=O)c(N2CCC[C@H](C(=O)O)C2)nc2cccnc21. The van der Waals surface area contributed by atoms with Crippen LogP contribution in [0.4, 0.5) is 5.82 Å². The molecule has 21 heavy (non-hydrogen) atoms. The van der Waals surface area contributed by atoms with Crippen LogP contribution in [0.15, 0.2) is 23.1 Å². The first-order valence-corrected chi connectivity index (χ1v) is 6.87. The molecule has 0 radical (unpaired) electrons. The number of aliphatic carboxylic acids is 1. The van der Waals surface area contributed by atoms with Crippen LogP contribution in [0.3, 0.4) is 0 Å². The lowest BCUT2D eigenvalue weighted by Gasteiger charge is -2.31. The van der Waals surface area contributed by atoms with Crippen molar-refractivity contribution in [2.24, 2.45) is 13.0 Å². The third-order valence-electron chi connectivity index (χ3n) is 3.88. The Morgan fingerprint density at radius 1 is 1.48 bits per heavy atom. The predicted molar refractivity (Wildman–Crippen MR) is 77.4 cm³/mol. The normalized spacial score (nSPS) is 18.9. The Kier molecular flexibility index (Phi) is 3.32. The highest BCUT2D eigenvalue weighted by Gasteiger charge is 2.28. The van der Waals surface area contributed by atoms with Crippen LogP contribution in [0.5, 0.6) is 0 Å². The summed E-state index contributed by atoms with van der Waals surface area (Å²) in [5.74, 6) is -0.960. The minimum Gasteiger partial charge on any atom is -0.481 e. The van der Waals surface area contributed by atoms with Gasteiger partial charge in [0.15, 0.2) is 11.5 Å². The molecule has 1 fully saturated rings. The van der Waals surface area contributed by atoms with Crippen LogP contribution in [0, 0.1) is 5.92 Å². The second-order valence-electron chi connectivity index (χ2n) is 5.27. The van der Waals surface area contributed by atoms with Gasteiger partial charge in [-0.1, -0.05) is 0 Å². The number of aromatic nitrogens is 3. The minimum atomic E-state index is -0.820. The fourth-order valence-electron chi connectivity index (χ4n) is 2.72.